The highest BCUT2D eigenvalue weighted by Crippen LogP contribution is 2.36. The van der Waals surface area contributed by atoms with Gasteiger partial charge in [-0.3, -0.25) is 0 Å². The van der Waals surface area contributed by atoms with Crippen LogP contribution in [0.25, 0.3) is 0 Å². The van der Waals surface area contributed by atoms with Gasteiger partial charge in [-0.2, -0.15) is 0 Å². The molecule has 90 valence electrons. The largest absolute Gasteiger partial charge is 0.417 e. The van der Waals surface area contributed by atoms with Crippen molar-refractivity contribution in [1.82, 2.24) is 0 Å². The van der Waals surface area contributed by atoms with Crippen LogP contribution in [0.1, 0.15) is 40.0 Å². The van der Waals surface area contributed by atoms with Crippen molar-refractivity contribution in [2.45, 2.75) is 64.3 Å². The Hall–Kier alpha value is 0.137. The second-order valence-electron chi connectivity index (χ2n) is 6.06. The van der Waals surface area contributed by atoms with Crippen molar-refractivity contribution in [3.63, 3.8) is 0 Å². The molecule has 0 spiro atoms. The van der Waals surface area contributed by atoms with Gasteiger partial charge in [0, 0.05) is 6.61 Å². The Bertz CT molecular complexity index is 192. The molecule has 0 aromatic rings. The van der Waals surface area contributed by atoms with Gasteiger partial charge >= 0.3 is 0 Å². The summed E-state index contributed by atoms with van der Waals surface area (Å²) in [5.74, 6) is 0. The molecule has 1 atom stereocenters. The molecule has 1 saturated heterocycles. The van der Waals surface area contributed by atoms with E-state index in [0.29, 0.717) is 11.1 Å². The van der Waals surface area contributed by atoms with Crippen molar-refractivity contribution in [2.24, 2.45) is 0 Å². The Kier molecular flexibility index (Phi) is 4.38. The third kappa shape index (κ3) is 4.66. The number of rotatable bonds is 6. The quantitative estimate of drug-likeness (QED) is 0.395. The van der Waals surface area contributed by atoms with E-state index in [1.165, 1.54) is 19.3 Å². The van der Waals surface area contributed by atoms with Crippen LogP contribution in [0.5, 0.6) is 0 Å². The topological polar surface area (TPSA) is 21.8 Å². The van der Waals surface area contributed by atoms with E-state index in [9.17, 15) is 0 Å². The van der Waals surface area contributed by atoms with Crippen molar-refractivity contribution >= 4 is 8.32 Å². The van der Waals surface area contributed by atoms with E-state index < -0.39 is 8.32 Å². The van der Waals surface area contributed by atoms with E-state index in [1.807, 2.05) is 0 Å². The Morgan fingerprint density at radius 2 is 1.87 bits per heavy atom. The monoisotopic (exact) mass is 230 g/mol. The SMILES string of the molecule is CC(C)(C)[Si](C)(C)OCCCC[C@H]1CO1. The molecule has 0 bridgehead atoms. The highest BCUT2D eigenvalue weighted by atomic mass is 28.4. The fourth-order valence-electron chi connectivity index (χ4n) is 1.25. The maximum atomic E-state index is 6.09. The summed E-state index contributed by atoms with van der Waals surface area (Å²) in [6.07, 6.45) is 4.24. The number of ether oxygens (including phenoxy) is 1. The molecule has 0 unspecified atom stereocenters. The molecule has 3 heteroatoms. The van der Waals surface area contributed by atoms with E-state index in [4.69, 9.17) is 9.16 Å². The maximum Gasteiger partial charge on any atom is 0.191 e. The van der Waals surface area contributed by atoms with Crippen molar-refractivity contribution in [1.29, 1.82) is 0 Å². The minimum Gasteiger partial charge on any atom is -0.417 e. The van der Waals surface area contributed by atoms with Gasteiger partial charge in [0.15, 0.2) is 8.32 Å². The number of epoxide rings is 1. The smallest absolute Gasteiger partial charge is 0.191 e. The van der Waals surface area contributed by atoms with Crippen LogP contribution in [0, 0.1) is 0 Å². The van der Waals surface area contributed by atoms with Crippen molar-refractivity contribution in [3.05, 3.63) is 0 Å². The van der Waals surface area contributed by atoms with Crippen LogP contribution in [0.4, 0.5) is 0 Å². The number of unbranched alkanes of at least 4 members (excludes halogenated alkanes) is 1. The summed E-state index contributed by atoms with van der Waals surface area (Å²) in [6, 6.07) is 0. The highest BCUT2D eigenvalue weighted by molar-refractivity contribution is 6.74. The highest BCUT2D eigenvalue weighted by Gasteiger charge is 2.36. The van der Waals surface area contributed by atoms with Gasteiger partial charge in [0.2, 0.25) is 0 Å². The molecule has 15 heavy (non-hydrogen) atoms. The van der Waals surface area contributed by atoms with Crippen molar-refractivity contribution < 1.29 is 9.16 Å². The summed E-state index contributed by atoms with van der Waals surface area (Å²) in [5, 5.41) is 0.340. The maximum absolute atomic E-state index is 6.09. The summed E-state index contributed by atoms with van der Waals surface area (Å²) >= 11 is 0. The van der Waals surface area contributed by atoms with Gasteiger partial charge in [-0.1, -0.05) is 20.8 Å². The molecule has 1 aliphatic rings. The Balaban J connectivity index is 2.06. The second kappa shape index (κ2) is 4.98. The summed E-state index contributed by atoms with van der Waals surface area (Å²) in [4.78, 5) is 0. The Morgan fingerprint density at radius 1 is 1.27 bits per heavy atom. The normalized spacial score (nSPS) is 21.8. The van der Waals surface area contributed by atoms with E-state index in [2.05, 4.69) is 33.9 Å². The van der Waals surface area contributed by atoms with Gasteiger partial charge in [0.25, 0.3) is 0 Å². The fourth-order valence-corrected chi connectivity index (χ4v) is 2.34. The van der Waals surface area contributed by atoms with Crippen LogP contribution in [-0.2, 0) is 9.16 Å². The third-order valence-electron chi connectivity index (χ3n) is 3.59. The Morgan fingerprint density at radius 3 is 2.33 bits per heavy atom. The molecule has 0 N–H and O–H groups in total. The first kappa shape index (κ1) is 13.2. The lowest BCUT2D eigenvalue weighted by molar-refractivity contribution is 0.274. The summed E-state index contributed by atoms with van der Waals surface area (Å²) in [7, 11) is -1.50. The summed E-state index contributed by atoms with van der Waals surface area (Å²) in [5.41, 5.74) is 0. The van der Waals surface area contributed by atoms with Crippen LogP contribution in [0.15, 0.2) is 0 Å². The van der Waals surface area contributed by atoms with Gasteiger partial charge in [-0.25, -0.2) is 0 Å². The van der Waals surface area contributed by atoms with Crippen molar-refractivity contribution in [3.8, 4) is 0 Å². The van der Waals surface area contributed by atoms with Gasteiger partial charge < -0.3 is 9.16 Å². The fraction of sp³-hybridized carbons (Fsp3) is 1.00. The van der Waals surface area contributed by atoms with Gasteiger partial charge in [0.1, 0.15) is 0 Å². The lowest BCUT2D eigenvalue weighted by atomic mass is 10.2. The molecular formula is C12H26O2Si. The molecule has 1 heterocycles. The third-order valence-corrected chi connectivity index (χ3v) is 8.13. The molecule has 1 fully saturated rings. The lowest BCUT2D eigenvalue weighted by Gasteiger charge is -2.36. The average molecular weight is 230 g/mol. The molecule has 1 rings (SSSR count). The zero-order chi connectivity index (χ0) is 11.5. The first-order chi connectivity index (χ1) is 6.83. The van der Waals surface area contributed by atoms with Crippen LogP contribution in [-0.4, -0.2) is 27.6 Å². The summed E-state index contributed by atoms with van der Waals surface area (Å²) < 4.78 is 11.3. The molecule has 0 aromatic carbocycles. The molecule has 1 aliphatic heterocycles. The standard InChI is InChI=1S/C12H26O2Si/c1-12(2,3)15(4,5)14-9-7-6-8-11-10-13-11/h11H,6-10H2,1-5H3/t11-/m0/s1. The zero-order valence-corrected chi connectivity index (χ0v) is 11.9. The zero-order valence-electron chi connectivity index (χ0n) is 10.9. The molecule has 0 saturated carbocycles. The van der Waals surface area contributed by atoms with Gasteiger partial charge in [-0.15, -0.1) is 0 Å². The number of hydrogen-bond acceptors (Lipinski definition) is 2. The van der Waals surface area contributed by atoms with E-state index in [0.717, 1.165) is 13.2 Å². The average Bonchev–Trinajstić information content (AvgIpc) is 2.85. The van der Waals surface area contributed by atoms with Gasteiger partial charge in [-0.05, 0) is 37.4 Å². The minimum absolute atomic E-state index is 0.340. The molecule has 0 aliphatic carbocycles. The van der Waals surface area contributed by atoms with Crippen LogP contribution >= 0.6 is 0 Å². The molecule has 2 nitrogen and oxygen atoms in total. The van der Waals surface area contributed by atoms with Gasteiger partial charge in [0.05, 0.1) is 12.7 Å². The van der Waals surface area contributed by atoms with Crippen LogP contribution < -0.4 is 0 Å². The molecule has 0 aromatic heterocycles. The van der Waals surface area contributed by atoms with E-state index >= 15 is 0 Å². The first-order valence-electron chi connectivity index (χ1n) is 6.08. The summed E-state index contributed by atoms with van der Waals surface area (Å²) in [6.45, 7) is 13.4. The van der Waals surface area contributed by atoms with Crippen LogP contribution in [0.2, 0.25) is 18.1 Å². The molecule has 0 amide bonds. The van der Waals surface area contributed by atoms with Crippen LogP contribution in [0.3, 0.4) is 0 Å². The molecule has 0 radical (unpaired) electrons. The Labute approximate surface area is 95.5 Å². The molecular weight excluding hydrogens is 204 g/mol. The minimum atomic E-state index is -1.50. The number of hydrogen-bond donors (Lipinski definition) is 0. The predicted molar refractivity (Wildman–Crippen MR) is 66.7 cm³/mol. The van der Waals surface area contributed by atoms with E-state index in [1.54, 1.807) is 0 Å². The van der Waals surface area contributed by atoms with E-state index in [-0.39, 0.29) is 0 Å². The lowest BCUT2D eigenvalue weighted by Crippen LogP contribution is -2.40. The van der Waals surface area contributed by atoms with Crippen molar-refractivity contribution in [2.75, 3.05) is 13.2 Å². The second-order valence-corrected chi connectivity index (χ2v) is 10.9. The first-order valence-corrected chi connectivity index (χ1v) is 8.99. The predicted octanol–water partition coefficient (Wildman–Crippen LogP) is 3.58.